The van der Waals surface area contributed by atoms with Crippen molar-refractivity contribution >= 4 is 15.9 Å². The number of carbonyl (C=O) groups excluding carboxylic acids is 1. The van der Waals surface area contributed by atoms with Crippen LogP contribution >= 0.6 is 0 Å². The summed E-state index contributed by atoms with van der Waals surface area (Å²) in [5.41, 5.74) is 1.81. The third-order valence-electron chi connectivity index (χ3n) is 3.60. The van der Waals surface area contributed by atoms with Crippen molar-refractivity contribution in [1.82, 2.24) is 15.0 Å². The Balaban J connectivity index is 2.02. The van der Waals surface area contributed by atoms with Crippen molar-refractivity contribution in [3.05, 3.63) is 59.9 Å². The highest BCUT2D eigenvalue weighted by molar-refractivity contribution is 7.89. The molecule has 6 nitrogen and oxygen atoms in total. The summed E-state index contributed by atoms with van der Waals surface area (Å²) >= 11 is 0. The molecular formula is C17H21N3O3S. The maximum atomic E-state index is 12.3. The fraction of sp³-hybridized carbons (Fsp3) is 0.294. The minimum absolute atomic E-state index is 0.132. The summed E-state index contributed by atoms with van der Waals surface area (Å²) in [5.74, 6) is -0.401. The lowest BCUT2D eigenvalue weighted by atomic mass is 10.1. The first-order chi connectivity index (χ1) is 11.3. The second kappa shape index (κ2) is 7.55. The largest absolute Gasteiger partial charge is 0.348 e. The minimum Gasteiger partial charge on any atom is -0.348 e. The van der Waals surface area contributed by atoms with Crippen molar-refractivity contribution in [1.29, 1.82) is 0 Å². The van der Waals surface area contributed by atoms with E-state index in [1.807, 2.05) is 19.9 Å². The number of rotatable bonds is 6. The molecule has 0 radical (unpaired) electrons. The molecule has 2 aromatic rings. The molecule has 0 aliphatic heterocycles. The van der Waals surface area contributed by atoms with Crippen LogP contribution in [-0.4, -0.2) is 25.4 Å². The van der Waals surface area contributed by atoms with Gasteiger partial charge in [0.25, 0.3) is 0 Å². The number of carbonyl (C=O) groups is 1. The number of aromatic nitrogens is 1. The number of hydrogen-bond donors (Lipinski definition) is 2. The molecule has 0 bridgehead atoms. The van der Waals surface area contributed by atoms with Crippen molar-refractivity contribution in [3.63, 3.8) is 0 Å². The van der Waals surface area contributed by atoms with E-state index in [0.29, 0.717) is 0 Å². The second-order valence-electron chi connectivity index (χ2n) is 5.67. The molecule has 1 aromatic carbocycles. The summed E-state index contributed by atoms with van der Waals surface area (Å²) in [6, 6.07) is 8.92. The Bertz CT molecular complexity index is 790. The van der Waals surface area contributed by atoms with Gasteiger partial charge in [-0.25, -0.2) is 8.42 Å². The van der Waals surface area contributed by atoms with E-state index in [2.05, 4.69) is 15.0 Å². The Morgan fingerprint density at radius 3 is 2.38 bits per heavy atom. The van der Waals surface area contributed by atoms with E-state index in [0.717, 1.165) is 11.1 Å². The van der Waals surface area contributed by atoms with Crippen LogP contribution in [0.2, 0.25) is 0 Å². The zero-order valence-corrected chi connectivity index (χ0v) is 14.7. The van der Waals surface area contributed by atoms with E-state index in [9.17, 15) is 13.2 Å². The average molecular weight is 347 g/mol. The molecular weight excluding hydrogens is 326 g/mol. The van der Waals surface area contributed by atoms with Crippen molar-refractivity contribution in [2.45, 2.75) is 37.8 Å². The highest BCUT2D eigenvalue weighted by Gasteiger charge is 2.23. The van der Waals surface area contributed by atoms with Gasteiger partial charge in [0.15, 0.2) is 0 Å². The monoisotopic (exact) mass is 347 g/mol. The van der Waals surface area contributed by atoms with Crippen molar-refractivity contribution < 1.29 is 13.2 Å². The Morgan fingerprint density at radius 1 is 1.12 bits per heavy atom. The van der Waals surface area contributed by atoms with Crippen molar-refractivity contribution in [2.75, 3.05) is 0 Å². The van der Waals surface area contributed by atoms with Crippen LogP contribution in [0.3, 0.4) is 0 Å². The molecule has 2 unspecified atom stereocenters. The number of sulfonamides is 1. The number of aryl methyl sites for hydroxylation is 1. The van der Waals surface area contributed by atoms with Gasteiger partial charge >= 0.3 is 0 Å². The van der Waals surface area contributed by atoms with Gasteiger partial charge in [0, 0.05) is 12.4 Å². The average Bonchev–Trinajstić information content (AvgIpc) is 2.55. The van der Waals surface area contributed by atoms with Crippen LogP contribution in [0.4, 0.5) is 0 Å². The van der Waals surface area contributed by atoms with Gasteiger partial charge in [0.1, 0.15) is 0 Å². The molecule has 0 saturated carbocycles. The molecule has 1 aromatic heterocycles. The van der Waals surface area contributed by atoms with Gasteiger partial charge in [-0.05, 0) is 44.5 Å². The quantitative estimate of drug-likeness (QED) is 0.836. The van der Waals surface area contributed by atoms with E-state index in [1.165, 1.54) is 19.1 Å². The van der Waals surface area contributed by atoms with Crippen LogP contribution in [0, 0.1) is 6.92 Å². The molecule has 2 N–H and O–H groups in total. The van der Waals surface area contributed by atoms with E-state index < -0.39 is 22.0 Å². The van der Waals surface area contributed by atoms with Gasteiger partial charge < -0.3 is 5.32 Å². The molecule has 0 saturated heterocycles. The van der Waals surface area contributed by atoms with Crippen molar-refractivity contribution in [2.24, 2.45) is 0 Å². The summed E-state index contributed by atoms with van der Waals surface area (Å²) in [7, 11) is -3.74. The Morgan fingerprint density at radius 2 is 1.79 bits per heavy atom. The zero-order valence-electron chi connectivity index (χ0n) is 13.9. The van der Waals surface area contributed by atoms with Gasteiger partial charge in [-0.3, -0.25) is 9.78 Å². The highest BCUT2D eigenvalue weighted by Crippen LogP contribution is 2.12. The molecule has 0 aliphatic carbocycles. The first-order valence-electron chi connectivity index (χ1n) is 7.59. The first-order valence-corrected chi connectivity index (χ1v) is 9.07. The number of pyridine rings is 1. The Labute approximate surface area is 142 Å². The van der Waals surface area contributed by atoms with Crippen molar-refractivity contribution in [3.8, 4) is 0 Å². The lowest BCUT2D eigenvalue weighted by molar-refractivity contribution is -0.123. The molecule has 0 aliphatic rings. The molecule has 128 valence electrons. The predicted octanol–water partition coefficient (Wildman–Crippen LogP) is 1.93. The predicted molar refractivity (Wildman–Crippen MR) is 91.8 cm³/mol. The highest BCUT2D eigenvalue weighted by atomic mass is 32.2. The van der Waals surface area contributed by atoms with Gasteiger partial charge in [-0.1, -0.05) is 23.8 Å². The first kappa shape index (κ1) is 18.1. The smallest absolute Gasteiger partial charge is 0.241 e. The fourth-order valence-electron chi connectivity index (χ4n) is 2.13. The third-order valence-corrected chi connectivity index (χ3v) is 5.16. The Kier molecular flexibility index (Phi) is 5.69. The molecule has 2 atom stereocenters. The summed E-state index contributed by atoms with van der Waals surface area (Å²) in [6.07, 6.45) is 3.31. The van der Waals surface area contributed by atoms with Crippen LogP contribution < -0.4 is 10.0 Å². The third kappa shape index (κ3) is 4.62. The number of nitrogens with zero attached hydrogens (tertiary/aromatic N) is 1. The van der Waals surface area contributed by atoms with Gasteiger partial charge in [0.2, 0.25) is 15.9 Å². The number of hydrogen-bond acceptors (Lipinski definition) is 4. The topological polar surface area (TPSA) is 88.2 Å². The SMILES string of the molecule is Cc1ccc(S(=O)(=O)NC(C)C(=O)NC(C)c2cccnc2)cc1. The minimum atomic E-state index is -3.74. The Hall–Kier alpha value is -2.25. The van der Waals surface area contributed by atoms with E-state index in [1.54, 1.807) is 30.6 Å². The van der Waals surface area contributed by atoms with Crippen LogP contribution in [0.15, 0.2) is 53.7 Å². The second-order valence-corrected chi connectivity index (χ2v) is 7.39. The van der Waals surface area contributed by atoms with Gasteiger partial charge in [0.05, 0.1) is 17.0 Å². The summed E-state index contributed by atoms with van der Waals surface area (Å²) in [6.45, 7) is 5.20. The van der Waals surface area contributed by atoms with Gasteiger partial charge in [-0.15, -0.1) is 0 Å². The molecule has 0 fully saturated rings. The van der Waals surface area contributed by atoms with Crippen LogP contribution in [0.25, 0.3) is 0 Å². The maximum Gasteiger partial charge on any atom is 0.241 e. The maximum absolute atomic E-state index is 12.3. The van der Waals surface area contributed by atoms with E-state index in [-0.39, 0.29) is 10.9 Å². The summed E-state index contributed by atoms with van der Waals surface area (Å²) in [5, 5.41) is 2.77. The molecule has 2 rings (SSSR count). The molecule has 1 heterocycles. The molecule has 7 heteroatoms. The lowest BCUT2D eigenvalue weighted by Gasteiger charge is -2.18. The molecule has 24 heavy (non-hydrogen) atoms. The molecule has 1 amide bonds. The fourth-order valence-corrected chi connectivity index (χ4v) is 3.33. The van der Waals surface area contributed by atoms with E-state index >= 15 is 0 Å². The van der Waals surface area contributed by atoms with Crippen LogP contribution in [0.1, 0.15) is 31.0 Å². The molecule has 0 spiro atoms. The number of amides is 1. The van der Waals surface area contributed by atoms with Gasteiger partial charge in [-0.2, -0.15) is 4.72 Å². The standard InChI is InChI=1S/C17H21N3O3S/c1-12-6-8-16(9-7-12)24(22,23)20-14(3)17(21)19-13(2)15-5-4-10-18-11-15/h4-11,13-14,20H,1-3H3,(H,19,21). The lowest BCUT2D eigenvalue weighted by Crippen LogP contribution is -2.45. The number of benzene rings is 1. The summed E-state index contributed by atoms with van der Waals surface area (Å²) in [4.78, 5) is 16.4. The van der Waals surface area contributed by atoms with E-state index in [4.69, 9.17) is 0 Å². The van der Waals surface area contributed by atoms with Crippen LogP contribution in [-0.2, 0) is 14.8 Å². The zero-order chi connectivity index (χ0) is 17.7. The summed E-state index contributed by atoms with van der Waals surface area (Å²) < 4.78 is 27.0. The van der Waals surface area contributed by atoms with Crippen LogP contribution in [0.5, 0.6) is 0 Å². The normalized spacial score (nSPS) is 14.0. The number of nitrogens with one attached hydrogen (secondary N) is 2.